The SMILES string of the molecule is CC1=C(C(C)C2=C(C)c3ccccc3C2Cl)C(Cl)c2ccccc21. The van der Waals surface area contributed by atoms with Gasteiger partial charge in [-0.15, -0.1) is 23.2 Å². The summed E-state index contributed by atoms with van der Waals surface area (Å²) in [4.78, 5) is 0. The van der Waals surface area contributed by atoms with E-state index in [1.54, 1.807) is 0 Å². The highest BCUT2D eigenvalue weighted by Crippen LogP contribution is 2.54. The maximum absolute atomic E-state index is 6.86. The normalized spacial score (nSPS) is 23.5. The van der Waals surface area contributed by atoms with Crippen molar-refractivity contribution in [3.63, 3.8) is 0 Å². The van der Waals surface area contributed by atoms with Crippen LogP contribution < -0.4 is 0 Å². The molecule has 0 radical (unpaired) electrons. The molecule has 0 saturated heterocycles. The number of halogens is 2. The van der Waals surface area contributed by atoms with Crippen molar-refractivity contribution in [1.29, 1.82) is 0 Å². The second kappa shape index (κ2) is 5.79. The molecule has 0 aromatic heterocycles. The molecule has 0 nitrogen and oxygen atoms in total. The highest BCUT2D eigenvalue weighted by molar-refractivity contribution is 6.26. The predicted octanol–water partition coefficient (Wildman–Crippen LogP) is 7.16. The van der Waals surface area contributed by atoms with E-state index in [2.05, 4.69) is 69.3 Å². The van der Waals surface area contributed by atoms with E-state index in [-0.39, 0.29) is 16.7 Å². The summed E-state index contributed by atoms with van der Waals surface area (Å²) >= 11 is 13.7. The molecule has 0 saturated carbocycles. The van der Waals surface area contributed by atoms with E-state index < -0.39 is 0 Å². The van der Waals surface area contributed by atoms with E-state index in [1.165, 1.54) is 44.5 Å². The van der Waals surface area contributed by atoms with E-state index >= 15 is 0 Å². The number of rotatable bonds is 2. The molecule has 2 unspecified atom stereocenters. The summed E-state index contributed by atoms with van der Waals surface area (Å²) in [6.45, 7) is 6.63. The summed E-state index contributed by atoms with van der Waals surface area (Å²) in [6.07, 6.45) is 0. The van der Waals surface area contributed by atoms with E-state index in [9.17, 15) is 0 Å². The van der Waals surface area contributed by atoms with Crippen LogP contribution in [0.4, 0.5) is 0 Å². The fourth-order valence-corrected chi connectivity index (χ4v) is 5.49. The first-order chi connectivity index (χ1) is 11.5. The molecule has 24 heavy (non-hydrogen) atoms. The van der Waals surface area contributed by atoms with Gasteiger partial charge in [0.25, 0.3) is 0 Å². The Labute approximate surface area is 153 Å². The van der Waals surface area contributed by atoms with Gasteiger partial charge in [-0.3, -0.25) is 0 Å². The van der Waals surface area contributed by atoms with Crippen LogP contribution in [0.15, 0.2) is 59.7 Å². The van der Waals surface area contributed by atoms with Crippen molar-refractivity contribution in [3.8, 4) is 0 Å². The van der Waals surface area contributed by atoms with E-state index in [0.717, 1.165) is 0 Å². The fourth-order valence-electron chi connectivity index (χ4n) is 4.40. The van der Waals surface area contributed by atoms with Gasteiger partial charge in [0.2, 0.25) is 0 Å². The maximum Gasteiger partial charge on any atom is 0.0812 e. The van der Waals surface area contributed by atoms with Gasteiger partial charge in [0.05, 0.1) is 10.8 Å². The van der Waals surface area contributed by atoms with Crippen LogP contribution >= 0.6 is 23.2 Å². The Bertz CT molecular complexity index is 815. The molecule has 4 rings (SSSR count). The highest BCUT2D eigenvalue weighted by Gasteiger charge is 2.37. The lowest BCUT2D eigenvalue weighted by Gasteiger charge is -2.23. The van der Waals surface area contributed by atoms with Crippen molar-refractivity contribution < 1.29 is 0 Å². The second-order valence-electron chi connectivity index (χ2n) is 6.78. The van der Waals surface area contributed by atoms with Gasteiger partial charge >= 0.3 is 0 Å². The minimum atomic E-state index is -0.0657. The van der Waals surface area contributed by atoms with E-state index in [1.807, 2.05) is 0 Å². The maximum atomic E-state index is 6.86. The molecule has 2 aromatic rings. The molecule has 2 aliphatic carbocycles. The monoisotopic (exact) mass is 354 g/mol. The van der Waals surface area contributed by atoms with Crippen molar-refractivity contribution >= 4 is 34.3 Å². The van der Waals surface area contributed by atoms with Crippen LogP contribution in [-0.4, -0.2) is 0 Å². The third-order valence-electron chi connectivity index (χ3n) is 5.62. The van der Waals surface area contributed by atoms with Crippen LogP contribution in [0, 0.1) is 5.92 Å². The summed E-state index contributed by atoms with van der Waals surface area (Å²) in [5, 5.41) is -0.131. The van der Waals surface area contributed by atoms with Crippen LogP contribution in [0.2, 0.25) is 0 Å². The fraction of sp³-hybridized carbons (Fsp3) is 0.273. The standard InChI is InChI=1S/C22H20Cl2/c1-12-15-8-4-6-10-17(15)21(23)19(12)14(3)20-13(2)16-9-5-7-11-18(16)22(20)24/h4-11,14,21-22H,1-3H3. The van der Waals surface area contributed by atoms with Crippen LogP contribution in [0.25, 0.3) is 11.1 Å². The molecule has 2 heteroatoms. The third-order valence-corrected chi connectivity index (χ3v) is 6.56. The molecule has 0 spiro atoms. The highest BCUT2D eigenvalue weighted by atomic mass is 35.5. The van der Waals surface area contributed by atoms with E-state index in [0.29, 0.717) is 0 Å². The number of hydrogen-bond donors (Lipinski definition) is 0. The number of fused-ring (bicyclic) bond motifs is 2. The average molecular weight is 355 g/mol. The zero-order chi connectivity index (χ0) is 17.0. The Balaban J connectivity index is 1.80. The van der Waals surface area contributed by atoms with Gasteiger partial charge in [0.15, 0.2) is 0 Å². The minimum Gasteiger partial charge on any atom is -0.113 e. The van der Waals surface area contributed by atoms with Crippen molar-refractivity contribution in [1.82, 2.24) is 0 Å². The van der Waals surface area contributed by atoms with Crippen LogP contribution in [0.1, 0.15) is 53.8 Å². The van der Waals surface area contributed by atoms with Crippen LogP contribution in [0.3, 0.4) is 0 Å². The van der Waals surface area contributed by atoms with Gasteiger partial charge in [-0.05, 0) is 58.4 Å². The van der Waals surface area contributed by atoms with Gasteiger partial charge < -0.3 is 0 Å². The number of benzene rings is 2. The van der Waals surface area contributed by atoms with Gasteiger partial charge in [-0.25, -0.2) is 0 Å². The molecular weight excluding hydrogens is 335 g/mol. The molecule has 2 aromatic carbocycles. The second-order valence-corrected chi connectivity index (χ2v) is 7.65. The molecule has 0 heterocycles. The van der Waals surface area contributed by atoms with Crippen molar-refractivity contribution in [2.75, 3.05) is 0 Å². The predicted molar refractivity (Wildman–Crippen MR) is 104 cm³/mol. The smallest absolute Gasteiger partial charge is 0.0812 e. The van der Waals surface area contributed by atoms with E-state index in [4.69, 9.17) is 23.2 Å². The first-order valence-electron chi connectivity index (χ1n) is 8.40. The molecule has 0 fully saturated rings. The Kier molecular flexibility index (Phi) is 3.86. The molecule has 0 aliphatic heterocycles. The van der Waals surface area contributed by atoms with Gasteiger partial charge in [0, 0.05) is 5.92 Å². The summed E-state index contributed by atoms with van der Waals surface area (Å²) < 4.78 is 0. The van der Waals surface area contributed by atoms with Gasteiger partial charge in [-0.2, -0.15) is 0 Å². The zero-order valence-corrected chi connectivity index (χ0v) is 15.6. The van der Waals surface area contributed by atoms with Gasteiger partial charge in [0.1, 0.15) is 0 Å². The Morgan fingerprint density at radius 3 is 1.46 bits per heavy atom. The largest absolute Gasteiger partial charge is 0.113 e. The van der Waals surface area contributed by atoms with Crippen molar-refractivity contribution in [2.45, 2.75) is 31.5 Å². The molecule has 0 amide bonds. The summed E-state index contributed by atoms with van der Waals surface area (Å²) in [5.74, 6) is 0.231. The molecular formula is C22H20Cl2. The lowest BCUT2D eigenvalue weighted by molar-refractivity contribution is 0.747. The average Bonchev–Trinajstić information content (AvgIpc) is 3.00. The Hall–Kier alpha value is -1.50. The molecule has 122 valence electrons. The first-order valence-corrected chi connectivity index (χ1v) is 9.27. The Morgan fingerprint density at radius 1 is 0.708 bits per heavy atom. The van der Waals surface area contributed by atoms with Crippen molar-refractivity contribution in [2.24, 2.45) is 5.92 Å². The molecule has 0 N–H and O–H groups in total. The number of hydrogen-bond acceptors (Lipinski definition) is 0. The number of alkyl halides is 2. The van der Waals surface area contributed by atoms with Crippen molar-refractivity contribution in [3.05, 3.63) is 81.9 Å². The summed E-state index contributed by atoms with van der Waals surface area (Å²) in [5.41, 5.74) is 10.2. The molecule has 2 atom stereocenters. The Morgan fingerprint density at radius 2 is 1.08 bits per heavy atom. The van der Waals surface area contributed by atoms with Crippen LogP contribution in [-0.2, 0) is 0 Å². The topological polar surface area (TPSA) is 0 Å². The summed E-state index contributed by atoms with van der Waals surface area (Å²) in [7, 11) is 0. The molecule has 2 aliphatic rings. The lowest BCUT2D eigenvalue weighted by atomic mass is 9.86. The quantitative estimate of drug-likeness (QED) is 0.502. The summed E-state index contributed by atoms with van der Waals surface area (Å²) in [6, 6.07) is 16.9. The van der Waals surface area contributed by atoms with Gasteiger partial charge in [-0.1, -0.05) is 55.5 Å². The molecule has 0 bridgehead atoms. The minimum absolute atomic E-state index is 0.0657. The zero-order valence-electron chi connectivity index (χ0n) is 14.1. The lowest BCUT2D eigenvalue weighted by Crippen LogP contribution is -2.09. The first kappa shape index (κ1) is 16.0. The van der Waals surface area contributed by atoms with Crippen LogP contribution in [0.5, 0.6) is 0 Å². The third kappa shape index (κ3) is 2.13. The number of allylic oxidation sites excluding steroid dienone is 4.